The van der Waals surface area contributed by atoms with Crippen LogP contribution in [0.1, 0.15) is 0 Å². The molecular formula is C9H8N4O2. The Kier molecular flexibility index (Phi) is 2.40. The van der Waals surface area contributed by atoms with Crippen LogP contribution in [0.25, 0.3) is 10.8 Å². The monoisotopic (exact) mass is 204 g/mol. The highest BCUT2D eigenvalue weighted by Gasteiger charge is 2.04. The van der Waals surface area contributed by atoms with Gasteiger partial charge in [0.05, 0.1) is 11.6 Å². The number of rotatable bonds is 2. The maximum absolute atomic E-state index is 10.5. The summed E-state index contributed by atoms with van der Waals surface area (Å²) in [5, 5.41) is 22.9. The molecule has 0 aliphatic carbocycles. The fourth-order valence-corrected chi connectivity index (χ4v) is 1.17. The predicted octanol–water partition coefficient (Wildman–Crippen LogP) is 1.52. The SMILES string of the molecule is C[N+]([O-])=NOc1nncc2ccccc12. The van der Waals surface area contributed by atoms with Crippen molar-refractivity contribution in [2.75, 3.05) is 7.05 Å². The van der Waals surface area contributed by atoms with Crippen LogP contribution in [0.3, 0.4) is 0 Å². The van der Waals surface area contributed by atoms with Crippen LogP contribution in [0.4, 0.5) is 0 Å². The van der Waals surface area contributed by atoms with Gasteiger partial charge in [0.25, 0.3) is 5.88 Å². The Balaban J connectivity index is 2.47. The Hall–Kier alpha value is -2.24. The first-order valence-electron chi connectivity index (χ1n) is 4.26. The van der Waals surface area contributed by atoms with Crippen molar-refractivity contribution in [1.82, 2.24) is 10.2 Å². The molecule has 0 saturated heterocycles. The Morgan fingerprint density at radius 1 is 1.40 bits per heavy atom. The summed E-state index contributed by atoms with van der Waals surface area (Å²) >= 11 is 0. The van der Waals surface area contributed by atoms with Gasteiger partial charge in [-0.25, -0.2) is 0 Å². The summed E-state index contributed by atoms with van der Waals surface area (Å²) in [6, 6.07) is 7.42. The molecule has 6 nitrogen and oxygen atoms in total. The second kappa shape index (κ2) is 3.87. The van der Waals surface area contributed by atoms with Crippen LogP contribution in [-0.2, 0) is 0 Å². The van der Waals surface area contributed by atoms with Gasteiger partial charge in [-0.3, -0.25) is 4.84 Å². The van der Waals surface area contributed by atoms with Crippen LogP contribution in [-0.4, -0.2) is 22.1 Å². The standard InChI is InChI=1S/C9H8N4O2/c1-13(14)12-15-9-8-5-3-2-4-7(8)6-10-11-9/h2-6H,1H3. The van der Waals surface area contributed by atoms with Crippen LogP contribution < -0.4 is 4.84 Å². The van der Waals surface area contributed by atoms with Crippen molar-refractivity contribution in [3.63, 3.8) is 0 Å². The van der Waals surface area contributed by atoms with E-state index in [4.69, 9.17) is 4.84 Å². The van der Waals surface area contributed by atoms with Crippen molar-refractivity contribution in [2.24, 2.45) is 5.28 Å². The van der Waals surface area contributed by atoms with Gasteiger partial charge in [-0.2, -0.15) is 5.10 Å². The normalized spacial score (nSPS) is 11.7. The van der Waals surface area contributed by atoms with E-state index in [1.807, 2.05) is 24.3 Å². The quantitative estimate of drug-likeness (QED) is 0.422. The molecule has 2 aromatic rings. The molecule has 15 heavy (non-hydrogen) atoms. The Labute approximate surface area is 85.4 Å². The lowest BCUT2D eigenvalue weighted by atomic mass is 10.2. The molecule has 0 aliphatic heterocycles. The summed E-state index contributed by atoms with van der Waals surface area (Å²) in [5.41, 5.74) is 0. The zero-order valence-corrected chi connectivity index (χ0v) is 7.99. The van der Waals surface area contributed by atoms with Crippen molar-refractivity contribution in [1.29, 1.82) is 0 Å². The number of benzene rings is 1. The summed E-state index contributed by atoms with van der Waals surface area (Å²) < 4.78 is 0. The molecule has 1 heterocycles. The van der Waals surface area contributed by atoms with E-state index in [0.29, 0.717) is 4.86 Å². The highest BCUT2D eigenvalue weighted by atomic mass is 16.7. The number of hydrogen-bond acceptors (Lipinski definition) is 5. The predicted molar refractivity (Wildman–Crippen MR) is 52.1 cm³/mol. The number of aromatic nitrogens is 2. The molecule has 0 saturated carbocycles. The van der Waals surface area contributed by atoms with Gasteiger partial charge in [-0.05, 0) is 6.07 Å². The number of hydroxylamine groups is 1. The molecule has 0 N–H and O–H groups in total. The van der Waals surface area contributed by atoms with Crippen molar-refractivity contribution in [3.8, 4) is 5.88 Å². The van der Waals surface area contributed by atoms with Crippen molar-refractivity contribution >= 4 is 10.8 Å². The molecular weight excluding hydrogens is 196 g/mol. The summed E-state index contributed by atoms with van der Waals surface area (Å²) in [7, 11) is 1.22. The van der Waals surface area contributed by atoms with E-state index in [0.717, 1.165) is 10.8 Å². The average molecular weight is 204 g/mol. The van der Waals surface area contributed by atoms with E-state index >= 15 is 0 Å². The van der Waals surface area contributed by atoms with Crippen LogP contribution >= 0.6 is 0 Å². The van der Waals surface area contributed by atoms with E-state index < -0.39 is 0 Å². The highest BCUT2D eigenvalue weighted by molar-refractivity contribution is 5.85. The van der Waals surface area contributed by atoms with Gasteiger partial charge < -0.3 is 5.21 Å². The van der Waals surface area contributed by atoms with Gasteiger partial charge in [-0.1, -0.05) is 23.1 Å². The van der Waals surface area contributed by atoms with Gasteiger partial charge in [0.1, 0.15) is 0 Å². The van der Waals surface area contributed by atoms with Crippen LogP contribution in [0.15, 0.2) is 35.7 Å². The lowest BCUT2D eigenvalue weighted by Crippen LogP contribution is -1.97. The van der Waals surface area contributed by atoms with Crippen molar-refractivity contribution < 1.29 is 9.70 Å². The average Bonchev–Trinajstić information content (AvgIpc) is 2.26. The third-order valence-electron chi connectivity index (χ3n) is 1.78. The maximum Gasteiger partial charge on any atom is 0.281 e. The van der Waals surface area contributed by atoms with Gasteiger partial charge in [0.2, 0.25) is 5.28 Å². The van der Waals surface area contributed by atoms with Gasteiger partial charge >= 0.3 is 0 Å². The molecule has 0 spiro atoms. The first kappa shape index (κ1) is 9.32. The Morgan fingerprint density at radius 2 is 2.20 bits per heavy atom. The van der Waals surface area contributed by atoms with E-state index in [2.05, 4.69) is 15.5 Å². The molecule has 0 aliphatic rings. The fourth-order valence-electron chi connectivity index (χ4n) is 1.17. The van der Waals surface area contributed by atoms with Gasteiger partial charge in [-0.15, -0.1) is 5.10 Å². The molecule has 1 aromatic carbocycles. The smallest absolute Gasteiger partial charge is 0.281 e. The third kappa shape index (κ3) is 1.98. The molecule has 76 valence electrons. The lowest BCUT2D eigenvalue weighted by Gasteiger charge is -1.99. The minimum absolute atomic E-state index is 0.218. The van der Waals surface area contributed by atoms with Crippen LogP contribution in [0, 0.1) is 5.21 Å². The van der Waals surface area contributed by atoms with E-state index in [-0.39, 0.29) is 5.88 Å². The third-order valence-corrected chi connectivity index (χ3v) is 1.78. The first-order chi connectivity index (χ1) is 7.27. The molecule has 0 fully saturated rings. The van der Waals surface area contributed by atoms with Crippen LogP contribution in [0.2, 0.25) is 0 Å². The van der Waals surface area contributed by atoms with Crippen LogP contribution in [0.5, 0.6) is 5.88 Å². The molecule has 0 bridgehead atoms. The van der Waals surface area contributed by atoms with Crippen molar-refractivity contribution in [3.05, 3.63) is 35.7 Å². The number of hydrogen-bond donors (Lipinski definition) is 0. The van der Waals surface area contributed by atoms with E-state index in [9.17, 15) is 5.21 Å². The summed E-state index contributed by atoms with van der Waals surface area (Å²) in [6.45, 7) is 0. The minimum Gasteiger partial charge on any atom is -0.598 e. The molecule has 1 aromatic heterocycles. The van der Waals surface area contributed by atoms with Gasteiger partial charge in [0, 0.05) is 5.39 Å². The molecule has 0 amide bonds. The summed E-state index contributed by atoms with van der Waals surface area (Å²) in [5.74, 6) is 0.218. The second-order valence-electron chi connectivity index (χ2n) is 2.87. The lowest BCUT2D eigenvalue weighted by molar-refractivity contribution is -0.522. The highest BCUT2D eigenvalue weighted by Crippen LogP contribution is 2.21. The Morgan fingerprint density at radius 3 is 3.00 bits per heavy atom. The largest absolute Gasteiger partial charge is 0.598 e. The minimum atomic E-state index is 0.218. The number of nitrogens with zero attached hydrogens (tertiary/aromatic N) is 4. The van der Waals surface area contributed by atoms with E-state index in [1.54, 1.807) is 6.20 Å². The maximum atomic E-state index is 10.5. The van der Waals surface area contributed by atoms with E-state index in [1.165, 1.54) is 7.05 Å². The molecule has 0 unspecified atom stereocenters. The summed E-state index contributed by atoms with van der Waals surface area (Å²) in [6.07, 6.45) is 1.61. The zero-order chi connectivity index (χ0) is 10.7. The Bertz CT molecular complexity index is 503. The molecule has 6 heteroatoms. The first-order valence-corrected chi connectivity index (χ1v) is 4.26. The molecule has 0 radical (unpaired) electrons. The molecule has 2 rings (SSSR count). The van der Waals surface area contributed by atoms with Crippen molar-refractivity contribution in [2.45, 2.75) is 0 Å². The topological polar surface area (TPSA) is 73.4 Å². The number of fused-ring (bicyclic) bond motifs is 1. The second-order valence-corrected chi connectivity index (χ2v) is 2.87. The zero-order valence-electron chi connectivity index (χ0n) is 7.99. The molecule has 0 atom stereocenters. The fraction of sp³-hybridized carbons (Fsp3) is 0.111. The summed E-state index contributed by atoms with van der Waals surface area (Å²) in [4.78, 5) is 5.15. The van der Waals surface area contributed by atoms with Gasteiger partial charge in [0.15, 0.2) is 7.05 Å².